The van der Waals surface area contributed by atoms with Crippen LogP contribution < -0.4 is 10.5 Å². The minimum atomic E-state index is -3.83. The first-order valence-electron chi connectivity index (χ1n) is 12.7. The number of sulfonamides is 1. The fraction of sp³-hybridized carbons (Fsp3) is 0.321. The van der Waals surface area contributed by atoms with Gasteiger partial charge >= 0.3 is 0 Å². The number of primary sulfonamides is 1. The molecule has 4 aromatic rings. The third-order valence-electron chi connectivity index (χ3n) is 6.26. The Labute approximate surface area is 218 Å². The van der Waals surface area contributed by atoms with E-state index in [0.717, 1.165) is 60.2 Å². The van der Waals surface area contributed by atoms with E-state index in [1.807, 2.05) is 30.3 Å². The molecule has 9 heteroatoms. The van der Waals surface area contributed by atoms with Crippen LogP contribution in [-0.4, -0.2) is 28.9 Å². The van der Waals surface area contributed by atoms with Gasteiger partial charge in [-0.25, -0.2) is 23.5 Å². The van der Waals surface area contributed by atoms with Crippen LogP contribution in [0.2, 0.25) is 0 Å². The molecule has 0 atom stereocenters. The summed E-state index contributed by atoms with van der Waals surface area (Å²) >= 11 is 0. The lowest BCUT2D eigenvalue weighted by atomic mass is 10.0. The highest BCUT2D eigenvalue weighted by atomic mass is 32.2. The van der Waals surface area contributed by atoms with Crippen LogP contribution in [0.1, 0.15) is 57.3 Å². The van der Waals surface area contributed by atoms with E-state index in [0.29, 0.717) is 24.2 Å². The average molecular weight is 520 g/mol. The SMILES string of the molecule is CCCCC(=O)Nc1cnc2c(c1)nc(CCCC)n2Cc1ccc(-c2ccccc2S(N)(=O)=O)cc1. The van der Waals surface area contributed by atoms with Crippen LogP contribution >= 0.6 is 0 Å². The van der Waals surface area contributed by atoms with Gasteiger partial charge in [0.1, 0.15) is 11.3 Å². The maximum atomic E-state index is 12.2. The number of carbonyl (C=O) groups is 1. The summed E-state index contributed by atoms with van der Waals surface area (Å²) in [5.41, 5.74) is 4.55. The number of unbranched alkanes of at least 4 members (excludes halogenated alkanes) is 2. The van der Waals surface area contributed by atoms with E-state index in [-0.39, 0.29) is 10.8 Å². The number of imidazole rings is 1. The summed E-state index contributed by atoms with van der Waals surface area (Å²) in [7, 11) is -3.83. The second-order valence-corrected chi connectivity index (χ2v) is 10.7. The molecule has 0 spiro atoms. The van der Waals surface area contributed by atoms with Gasteiger partial charge in [0.05, 0.1) is 23.3 Å². The minimum Gasteiger partial charge on any atom is -0.325 e. The molecule has 0 aliphatic carbocycles. The number of rotatable bonds is 11. The summed E-state index contributed by atoms with van der Waals surface area (Å²) < 4.78 is 26.2. The molecule has 1 amide bonds. The van der Waals surface area contributed by atoms with Crippen molar-refractivity contribution in [2.45, 2.75) is 63.8 Å². The van der Waals surface area contributed by atoms with Gasteiger partial charge in [0.2, 0.25) is 15.9 Å². The predicted molar refractivity (Wildman–Crippen MR) is 147 cm³/mol. The topological polar surface area (TPSA) is 120 Å². The fourth-order valence-corrected chi connectivity index (χ4v) is 5.07. The maximum Gasteiger partial charge on any atom is 0.238 e. The van der Waals surface area contributed by atoms with Crippen molar-refractivity contribution in [2.75, 3.05) is 5.32 Å². The third kappa shape index (κ3) is 6.42. The zero-order valence-corrected chi connectivity index (χ0v) is 22.1. The number of benzene rings is 2. The fourth-order valence-electron chi connectivity index (χ4n) is 4.30. The normalized spacial score (nSPS) is 11.6. The number of fused-ring (bicyclic) bond motifs is 1. The second kappa shape index (κ2) is 11.7. The number of carbonyl (C=O) groups excluding carboxylic acids is 1. The molecule has 0 aliphatic heterocycles. The summed E-state index contributed by atoms with van der Waals surface area (Å²) in [6.07, 6.45) is 6.87. The lowest BCUT2D eigenvalue weighted by molar-refractivity contribution is -0.116. The highest BCUT2D eigenvalue weighted by molar-refractivity contribution is 7.89. The van der Waals surface area contributed by atoms with Crippen LogP contribution in [0.25, 0.3) is 22.3 Å². The standard InChI is InChI=1S/C28H33N5O3S/c1-3-5-11-26-32-24-17-22(31-27(34)12-6-4-2)18-30-28(24)33(26)19-20-13-15-21(16-14-20)23-9-7-8-10-25(23)37(29,35)36/h7-10,13-18H,3-6,11-12,19H2,1-2H3,(H,31,34)(H2,29,35,36). The largest absolute Gasteiger partial charge is 0.325 e. The van der Waals surface area contributed by atoms with Gasteiger partial charge in [-0.2, -0.15) is 0 Å². The summed E-state index contributed by atoms with van der Waals surface area (Å²) in [5, 5.41) is 8.34. The zero-order valence-electron chi connectivity index (χ0n) is 21.3. The molecular formula is C28H33N5O3S. The van der Waals surface area contributed by atoms with E-state index < -0.39 is 10.0 Å². The molecule has 0 radical (unpaired) electrons. The number of anilines is 1. The van der Waals surface area contributed by atoms with Crippen molar-refractivity contribution in [1.29, 1.82) is 0 Å². The smallest absolute Gasteiger partial charge is 0.238 e. The van der Waals surface area contributed by atoms with Crippen LogP contribution in [0.4, 0.5) is 5.69 Å². The lowest BCUT2D eigenvalue weighted by Crippen LogP contribution is -2.13. The van der Waals surface area contributed by atoms with E-state index in [1.165, 1.54) is 6.07 Å². The monoisotopic (exact) mass is 519 g/mol. The lowest BCUT2D eigenvalue weighted by Gasteiger charge is -2.11. The Bertz CT molecular complexity index is 1490. The molecule has 2 aromatic heterocycles. The van der Waals surface area contributed by atoms with Gasteiger partial charge in [-0.1, -0.05) is 69.2 Å². The number of hydrogen-bond acceptors (Lipinski definition) is 5. The molecule has 0 fully saturated rings. The van der Waals surface area contributed by atoms with E-state index in [1.54, 1.807) is 24.4 Å². The van der Waals surface area contributed by atoms with Gasteiger partial charge in [0.15, 0.2) is 5.65 Å². The molecule has 0 unspecified atom stereocenters. The van der Waals surface area contributed by atoms with E-state index in [9.17, 15) is 13.2 Å². The summed E-state index contributed by atoms with van der Waals surface area (Å²) in [5.74, 6) is 0.931. The van der Waals surface area contributed by atoms with E-state index >= 15 is 0 Å². The predicted octanol–water partition coefficient (Wildman–Crippen LogP) is 5.27. The molecule has 0 bridgehead atoms. The van der Waals surface area contributed by atoms with E-state index in [4.69, 9.17) is 10.1 Å². The van der Waals surface area contributed by atoms with Gasteiger partial charge in [-0.15, -0.1) is 0 Å². The zero-order chi connectivity index (χ0) is 26.4. The maximum absolute atomic E-state index is 12.2. The molecule has 4 rings (SSSR count). The first-order chi connectivity index (χ1) is 17.8. The van der Waals surface area contributed by atoms with Crippen LogP contribution in [0, 0.1) is 0 Å². The van der Waals surface area contributed by atoms with Crippen LogP contribution in [0.5, 0.6) is 0 Å². The highest BCUT2D eigenvalue weighted by Gasteiger charge is 2.16. The van der Waals surface area contributed by atoms with Gasteiger partial charge in [-0.05, 0) is 36.1 Å². The number of amides is 1. The molecule has 37 heavy (non-hydrogen) atoms. The van der Waals surface area contributed by atoms with Gasteiger partial charge < -0.3 is 9.88 Å². The quantitative estimate of drug-likeness (QED) is 0.280. The molecule has 2 aromatic carbocycles. The third-order valence-corrected chi connectivity index (χ3v) is 7.23. The molecule has 0 saturated heterocycles. The van der Waals surface area contributed by atoms with Crippen LogP contribution in [-0.2, 0) is 27.8 Å². The molecule has 8 nitrogen and oxygen atoms in total. The Hall–Kier alpha value is -3.56. The van der Waals surface area contributed by atoms with E-state index in [2.05, 4.69) is 28.7 Å². The Balaban J connectivity index is 1.62. The summed E-state index contributed by atoms with van der Waals surface area (Å²) in [6, 6.07) is 16.4. The number of pyridine rings is 1. The van der Waals surface area contributed by atoms with Crippen molar-refractivity contribution in [3.8, 4) is 11.1 Å². The number of nitrogens with one attached hydrogen (secondary N) is 1. The summed E-state index contributed by atoms with van der Waals surface area (Å²) in [6.45, 7) is 4.78. The molecular weight excluding hydrogens is 486 g/mol. The highest BCUT2D eigenvalue weighted by Crippen LogP contribution is 2.27. The van der Waals surface area contributed by atoms with Crippen LogP contribution in [0.3, 0.4) is 0 Å². The Morgan fingerprint density at radius 1 is 1.03 bits per heavy atom. The number of aromatic nitrogens is 3. The second-order valence-electron chi connectivity index (χ2n) is 9.17. The molecule has 0 aliphatic rings. The molecule has 0 saturated carbocycles. The van der Waals surface area contributed by atoms with Crippen molar-refractivity contribution in [3.63, 3.8) is 0 Å². The van der Waals surface area contributed by atoms with Crippen molar-refractivity contribution >= 4 is 32.8 Å². The van der Waals surface area contributed by atoms with Crippen molar-refractivity contribution in [3.05, 3.63) is 72.2 Å². The molecule has 194 valence electrons. The number of nitrogens with zero attached hydrogens (tertiary/aromatic N) is 3. The van der Waals surface area contributed by atoms with Crippen molar-refractivity contribution in [1.82, 2.24) is 14.5 Å². The Kier molecular flexibility index (Phi) is 8.35. The summed E-state index contributed by atoms with van der Waals surface area (Å²) in [4.78, 5) is 21.8. The van der Waals surface area contributed by atoms with Crippen molar-refractivity contribution < 1.29 is 13.2 Å². The minimum absolute atomic E-state index is 0.0160. The first kappa shape index (κ1) is 26.5. The Morgan fingerprint density at radius 2 is 1.76 bits per heavy atom. The van der Waals surface area contributed by atoms with Crippen LogP contribution in [0.15, 0.2) is 65.7 Å². The molecule has 2 heterocycles. The first-order valence-corrected chi connectivity index (χ1v) is 14.2. The number of hydrogen-bond donors (Lipinski definition) is 2. The van der Waals surface area contributed by atoms with Gasteiger partial charge in [0, 0.05) is 18.4 Å². The van der Waals surface area contributed by atoms with Crippen molar-refractivity contribution in [2.24, 2.45) is 5.14 Å². The average Bonchev–Trinajstić information content (AvgIpc) is 3.22. The Morgan fingerprint density at radius 3 is 2.46 bits per heavy atom. The number of nitrogens with two attached hydrogens (primary N) is 1. The molecule has 3 N–H and O–H groups in total. The van der Waals surface area contributed by atoms with Gasteiger partial charge in [0.25, 0.3) is 0 Å². The number of aryl methyl sites for hydroxylation is 1. The van der Waals surface area contributed by atoms with Gasteiger partial charge in [-0.3, -0.25) is 4.79 Å².